The molecule has 1 N–H and O–H groups in total. The molecule has 0 aliphatic carbocycles. The second-order valence-corrected chi connectivity index (χ2v) is 10.2. The molecule has 32 heavy (non-hydrogen) atoms. The molecular weight excluding hydrogens is 426 g/mol. The largest absolute Gasteiger partial charge is 0.368 e. The van der Waals surface area contributed by atoms with E-state index in [2.05, 4.69) is 22.3 Å². The van der Waals surface area contributed by atoms with Crippen LogP contribution in [0.2, 0.25) is 0 Å². The van der Waals surface area contributed by atoms with Crippen LogP contribution in [0.15, 0.2) is 60.7 Å². The van der Waals surface area contributed by atoms with Crippen LogP contribution in [-0.4, -0.2) is 69.4 Å². The standard InChI is InChI=1S/C24H31N3O4S/c28-23(20-32(30,31)19-7-10-21-8-3-1-4-9-21)25-14-13-24(29)27-17-15-26(16-18-27)22-11-5-2-6-12-22/h1-6,8-9,11-12H,7,10,13-20H2,(H,25,28). The van der Waals surface area contributed by atoms with Crippen LogP contribution in [0.4, 0.5) is 5.69 Å². The van der Waals surface area contributed by atoms with E-state index in [0.29, 0.717) is 25.9 Å². The molecular formula is C24H31N3O4S. The number of piperazine rings is 1. The summed E-state index contributed by atoms with van der Waals surface area (Å²) in [5.41, 5.74) is 2.23. The second kappa shape index (κ2) is 11.7. The minimum atomic E-state index is -3.47. The molecule has 172 valence electrons. The van der Waals surface area contributed by atoms with Crippen LogP contribution in [0.1, 0.15) is 18.4 Å². The van der Waals surface area contributed by atoms with Crippen LogP contribution in [0.25, 0.3) is 0 Å². The number of para-hydroxylation sites is 1. The topological polar surface area (TPSA) is 86.8 Å². The Morgan fingerprint density at radius 1 is 0.875 bits per heavy atom. The minimum absolute atomic E-state index is 0.0243. The van der Waals surface area contributed by atoms with E-state index >= 15 is 0 Å². The van der Waals surface area contributed by atoms with Crippen molar-refractivity contribution < 1.29 is 18.0 Å². The van der Waals surface area contributed by atoms with E-state index < -0.39 is 21.5 Å². The fourth-order valence-electron chi connectivity index (χ4n) is 3.78. The minimum Gasteiger partial charge on any atom is -0.368 e. The summed E-state index contributed by atoms with van der Waals surface area (Å²) in [5, 5.41) is 2.58. The molecule has 0 radical (unpaired) electrons. The third-order valence-electron chi connectivity index (χ3n) is 5.53. The number of rotatable bonds is 10. The lowest BCUT2D eigenvalue weighted by Crippen LogP contribution is -2.49. The van der Waals surface area contributed by atoms with Gasteiger partial charge in [-0.05, 0) is 30.5 Å². The van der Waals surface area contributed by atoms with Crippen molar-refractivity contribution in [3.63, 3.8) is 0 Å². The first-order chi connectivity index (χ1) is 15.4. The van der Waals surface area contributed by atoms with E-state index in [-0.39, 0.29) is 24.6 Å². The number of sulfone groups is 1. The van der Waals surface area contributed by atoms with E-state index in [4.69, 9.17) is 0 Å². The molecule has 8 heteroatoms. The monoisotopic (exact) mass is 457 g/mol. The van der Waals surface area contributed by atoms with E-state index in [1.807, 2.05) is 48.5 Å². The first kappa shape index (κ1) is 23.8. The Morgan fingerprint density at radius 3 is 2.16 bits per heavy atom. The van der Waals surface area contributed by atoms with Gasteiger partial charge in [-0.25, -0.2) is 8.42 Å². The maximum Gasteiger partial charge on any atom is 0.235 e. The van der Waals surface area contributed by atoms with Crippen LogP contribution < -0.4 is 10.2 Å². The highest BCUT2D eigenvalue weighted by molar-refractivity contribution is 7.92. The van der Waals surface area contributed by atoms with Gasteiger partial charge in [0.05, 0.1) is 5.75 Å². The van der Waals surface area contributed by atoms with Gasteiger partial charge in [0, 0.05) is 44.8 Å². The summed E-state index contributed by atoms with van der Waals surface area (Å²) in [6.45, 7) is 2.96. The molecule has 1 fully saturated rings. The summed E-state index contributed by atoms with van der Waals surface area (Å²) in [7, 11) is -3.47. The van der Waals surface area contributed by atoms with Gasteiger partial charge in [0.1, 0.15) is 5.75 Å². The molecule has 2 aromatic rings. The predicted molar refractivity (Wildman–Crippen MR) is 126 cm³/mol. The van der Waals surface area contributed by atoms with Crippen molar-refractivity contribution in [3.8, 4) is 0 Å². The molecule has 0 saturated carbocycles. The van der Waals surface area contributed by atoms with Gasteiger partial charge in [-0.1, -0.05) is 48.5 Å². The third kappa shape index (κ3) is 7.67. The van der Waals surface area contributed by atoms with Gasteiger partial charge in [0.25, 0.3) is 0 Å². The lowest BCUT2D eigenvalue weighted by molar-refractivity contribution is -0.131. The number of hydrogen-bond acceptors (Lipinski definition) is 5. The SMILES string of the molecule is O=C(CS(=O)(=O)CCCc1ccccc1)NCCC(=O)N1CCN(c2ccccc2)CC1. The predicted octanol–water partition coefficient (Wildman–Crippen LogP) is 1.89. The molecule has 0 unspecified atom stereocenters. The average molecular weight is 458 g/mol. The molecule has 1 aliphatic rings. The second-order valence-electron chi connectivity index (χ2n) is 7.98. The number of aryl methyl sites for hydroxylation is 1. The number of anilines is 1. The van der Waals surface area contributed by atoms with E-state index in [1.54, 1.807) is 4.90 Å². The summed E-state index contributed by atoms with van der Waals surface area (Å²) in [4.78, 5) is 28.5. The lowest BCUT2D eigenvalue weighted by Gasteiger charge is -2.36. The van der Waals surface area contributed by atoms with Crippen molar-refractivity contribution in [2.45, 2.75) is 19.3 Å². The maximum atomic E-state index is 12.4. The highest BCUT2D eigenvalue weighted by Gasteiger charge is 2.21. The Labute approximate surface area is 190 Å². The third-order valence-corrected chi connectivity index (χ3v) is 7.14. The molecule has 1 heterocycles. The summed E-state index contributed by atoms with van der Waals surface area (Å²) in [6.07, 6.45) is 1.31. The fourth-order valence-corrected chi connectivity index (χ4v) is 5.01. The van der Waals surface area contributed by atoms with Crippen LogP contribution in [0.3, 0.4) is 0 Å². The highest BCUT2D eigenvalue weighted by atomic mass is 32.2. The number of carbonyl (C=O) groups excluding carboxylic acids is 2. The quantitative estimate of drug-likeness (QED) is 0.589. The molecule has 7 nitrogen and oxygen atoms in total. The molecule has 0 bridgehead atoms. The van der Waals surface area contributed by atoms with Crippen LogP contribution in [0, 0.1) is 0 Å². The summed E-state index contributed by atoms with van der Waals surface area (Å²) < 4.78 is 24.4. The first-order valence-electron chi connectivity index (χ1n) is 11.0. The number of benzene rings is 2. The molecule has 1 saturated heterocycles. The van der Waals surface area contributed by atoms with Crippen LogP contribution in [-0.2, 0) is 25.8 Å². The first-order valence-corrected chi connectivity index (χ1v) is 12.8. The number of hydrogen-bond donors (Lipinski definition) is 1. The van der Waals surface area contributed by atoms with E-state index in [1.165, 1.54) is 0 Å². The number of nitrogens with one attached hydrogen (secondary N) is 1. The van der Waals surface area contributed by atoms with Crippen molar-refractivity contribution in [1.29, 1.82) is 0 Å². The van der Waals surface area contributed by atoms with Crippen LogP contribution in [0.5, 0.6) is 0 Å². The zero-order valence-electron chi connectivity index (χ0n) is 18.3. The molecule has 0 spiro atoms. The number of amides is 2. The Hall–Kier alpha value is -2.87. The molecule has 1 aliphatic heterocycles. The number of nitrogens with zero attached hydrogens (tertiary/aromatic N) is 2. The van der Waals surface area contributed by atoms with Gasteiger partial charge in [0.2, 0.25) is 11.8 Å². The van der Waals surface area contributed by atoms with Gasteiger partial charge in [0.15, 0.2) is 9.84 Å². The van der Waals surface area contributed by atoms with Gasteiger partial charge >= 0.3 is 0 Å². The van der Waals surface area contributed by atoms with Crippen LogP contribution >= 0.6 is 0 Å². The highest BCUT2D eigenvalue weighted by Crippen LogP contribution is 2.15. The normalized spacial score (nSPS) is 14.2. The summed E-state index contributed by atoms with van der Waals surface area (Å²) in [5.74, 6) is -1.14. The van der Waals surface area contributed by atoms with Crippen molar-refractivity contribution in [1.82, 2.24) is 10.2 Å². The van der Waals surface area contributed by atoms with Crippen molar-refractivity contribution in [2.24, 2.45) is 0 Å². The van der Waals surface area contributed by atoms with Gasteiger partial charge in [-0.2, -0.15) is 0 Å². The van der Waals surface area contributed by atoms with Crippen molar-refractivity contribution in [3.05, 3.63) is 66.2 Å². The zero-order valence-corrected chi connectivity index (χ0v) is 19.1. The maximum absolute atomic E-state index is 12.4. The van der Waals surface area contributed by atoms with Gasteiger partial charge in [-0.3, -0.25) is 9.59 Å². The average Bonchev–Trinajstić information content (AvgIpc) is 2.80. The summed E-state index contributed by atoms with van der Waals surface area (Å²) >= 11 is 0. The van der Waals surface area contributed by atoms with Gasteiger partial charge in [-0.15, -0.1) is 0 Å². The Balaban J connectivity index is 1.31. The Kier molecular flexibility index (Phi) is 8.67. The zero-order chi connectivity index (χ0) is 22.8. The molecule has 0 atom stereocenters. The molecule has 3 rings (SSSR count). The van der Waals surface area contributed by atoms with E-state index in [0.717, 1.165) is 24.3 Å². The fraction of sp³-hybridized carbons (Fsp3) is 0.417. The Morgan fingerprint density at radius 2 is 1.50 bits per heavy atom. The Bertz CT molecular complexity index is 973. The van der Waals surface area contributed by atoms with Crippen molar-refractivity contribution in [2.75, 3.05) is 49.1 Å². The van der Waals surface area contributed by atoms with Crippen molar-refractivity contribution >= 4 is 27.3 Å². The van der Waals surface area contributed by atoms with Gasteiger partial charge < -0.3 is 15.1 Å². The molecule has 0 aromatic heterocycles. The molecule has 2 amide bonds. The number of carbonyl (C=O) groups is 2. The van der Waals surface area contributed by atoms with E-state index in [9.17, 15) is 18.0 Å². The molecule has 2 aromatic carbocycles. The smallest absolute Gasteiger partial charge is 0.235 e. The summed E-state index contributed by atoms with van der Waals surface area (Å²) in [6, 6.07) is 19.8. The lowest BCUT2D eigenvalue weighted by atomic mass is 10.1.